The highest BCUT2D eigenvalue weighted by Crippen LogP contribution is 2.15. The number of nitrogens with one attached hydrogen (secondary N) is 1. The van der Waals surface area contributed by atoms with Crippen LogP contribution in [0.15, 0.2) is 35.1 Å². The van der Waals surface area contributed by atoms with E-state index in [4.69, 9.17) is 14.2 Å². The molecule has 1 N–H and O–H groups in total. The van der Waals surface area contributed by atoms with Crippen LogP contribution in [-0.2, 0) is 19.0 Å². The molecule has 0 aliphatic rings. The number of H-pyrrole nitrogens is 1. The lowest BCUT2D eigenvalue weighted by atomic mass is 10.1. The molecule has 8 heteroatoms. The number of pyridine rings is 1. The number of methoxy groups -OCH3 is 2. The van der Waals surface area contributed by atoms with E-state index in [2.05, 4.69) is 4.98 Å². The zero-order valence-electron chi connectivity index (χ0n) is 14.8. The predicted molar refractivity (Wildman–Crippen MR) is 95.2 cm³/mol. The quantitative estimate of drug-likeness (QED) is 0.663. The molecule has 0 unspecified atom stereocenters. The fourth-order valence-corrected chi connectivity index (χ4v) is 2.43. The van der Waals surface area contributed by atoms with Crippen molar-refractivity contribution in [1.82, 2.24) is 9.88 Å². The lowest BCUT2D eigenvalue weighted by Crippen LogP contribution is -2.39. The Morgan fingerprint density at radius 1 is 1.08 bits per heavy atom. The van der Waals surface area contributed by atoms with Gasteiger partial charge in [0.15, 0.2) is 6.61 Å². The summed E-state index contributed by atoms with van der Waals surface area (Å²) in [4.78, 5) is 40.5. The van der Waals surface area contributed by atoms with Crippen LogP contribution < -0.4 is 5.56 Å². The largest absolute Gasteiger partial charge is 0.452 e. The number of hydrogen-bond donors (Lipinski definition) is 1. The molecule has 2 rings (SSSR count). The Kier molecular flexibility index (Phi) is 7.31. The first-order chi connectivity index (χ1) is 12.6. The summed E-state index contributed by atoms with van der Waals surface area (Å²) >= 11 is 0. The van der Waals surface area contributed by atoms with Crippen molar-refractivity contribution in [2.45, 2.75) is 0 Å². The second-order valence-corrected chi connectivity index (χ2v) is 5.54. The van der Waals surface area contributed by atoms with Gasteiger partial charge >= 0.3 is 5.97 Å². The molecular weight excluding hydrogens is 340 g/mol. The third kappa shape index (κ3) is 5.14. The molecular formula is C18H22N2O6. The van der Waals surface area contributed by atoms with Crippen LogP contribution in [0.2, 0.25) is 0 Å². The van der Waals surface area contributed by atoms with Gasteiger partial charge in [-0.25, -0.2) is 4.79 Å². The second-order valence-electron chi connectivity index (χ2n) is 5.54. The maximum absolute atomic E-state index is 12.4. The van der Waals surface area contributed by atoms with Gasteiger partial charge in [0.25, 0.3) is 5.91 Å². The number of para-hydroxylation sites is 1. The lowest BCUT2D eigenvalue weighted by Gasteiger charge is -2.21. The van der Waals surface area contributed by atoms with E-state index in [-0.39, 0.29) is 11.5 Å². The molecule has 0 aliphatic carbocycles. The Balaban J connectivity index is 2.07. The minimum absolute atomic E-state index is 0.123. The van der Waals surface area contributed by atoms with E-state index in [1.54, 1.807) is 24.3 Å². The zero-order chi connectivity index (χ0) is 18.9. The predicted octanol–water partition coefficient (Wildman–Crippen LogP) is 0.806. The molecule has 0 saturated carbocycles. The molecule has 0 saturated heterocycles. The number of carbonyl (C=O) groups excluding carboxylic acids is 2. The standard InChI is InChI=1S/C18H22N2O6/c1-24-9-7-20(8-10-25-2)17(22)12-26-18(23)14-11-16(21)19-15-6-4-3-5-13(14)15/h3-6,11H,7-10,12H2,1-2H3,(H,19,21). The van der Waals surface area contributed by atoms with Crippen LogP contribution in [-0.4, -0.2) is 68.9 Å². The average molecular weight is 362 g/mol. The first-order valence-electron chi connectivity index (χ1n) is 8.11. The van der Waals surface area contributed by atoms with Gasteiger partial charge in [-0.2, -0.15) is 0 Å². The van der Waals surface area contributed by atoms with Crippen LogP contribution in [0.5, 0.6) is 0 Å². The number of nitrogens with zero attached hydrogens (tertiary/aromatic N) is 1. The number of carbonyl (C=O) groups is 2. The average Bonchev–Trinajstić information content (AvgIpc) is 2.65. The molecule has 8 nitrogen and oxygen atoms in total. The van der Waals surface area contributed by atoms with E-state index < -0.39 is 18.1 Å². The molecule has 1 amide bonds. The fraction of sp³-hybridized carbons (Fsp3) is 0.389. The Morgan fingerprint density at radius 3 is 2.38 bits per heavy atom. The van der Waals surface area contributed by atoms with Gasteiger partial charge in [0, 0.05) is 44.3 Å². The summed E-state index contributed by atoms with van der Waals surface area (Å²) in [5.41, 5.74) is 0.237. The molecule has 26 heavy (non-hydrogen) atoms. The molecule has 0 aliphatic heterocycles. The van der Waals surface area contributed by atoms with Gasteiger partial charge in [-0.3, -0.25) is 9.59 Å². The second kappa shape index (κ2) is 9.69. The maximum atomic E-state index is 12.4. The molecule has 140 valence electrons. The Morgan fingerprint density at radius 2 is 1.73 bits per heavy atom. The molecule has 0 bridgehead atoms. The van der Waals surface area contributed by atoms with Gasteiger partial charge in [-0.05, 0) is 6.07 Å². The van der Waals surface area contributed by atoms with Crippen molar-refractivity contribution in [1.29, 1.82) is 0 Å². The molecule has 0 radical (unpaired) electrons. The van der Waals surface area contributed by atoms with Crippen molar-refractivity contribution < 1.29 is 23.8 Å². The van der Waals surface area contributed by atoms with Crippen LogP contribution in [0.25, 0.3) is 10.9 Å². The van der Waals surface area contributed by atoms with E-state index in [0.717, 1.165) is 0 Å². The molecule has 1 heterocycles. The summed E-state index contributed by atoms with van der Waals surface area (Å²) in [6, 6.07) is 8.06. The number of aromatic nitrogens is 1. The van der Waals surface area contributed by atoms with E-state index in [1.165, 1.54) is 25.2 Å². The van der Waals surface area contributed by atoms with Gasteiger partial charge < -0.3 is 24.1 Å². The number of rotatable bonds is 9. The summed E-state index contributed by atoms with van der Waals surface area (Å²) in [6.45, 7) is 1.03. The minimum atomic E-state index is -0.723. The summed E-state index contributed by atoms with van der Waals surface area (Å²) in [5.74, 6) is -1.08. The van der Waals surface area contributed by atoms with E-state index in [0.29, 0.717) is 37.2 Å². The van der Waals surface area contributed by atoms with Crippen molar-refractivity contribution >= 4 is 22.8 Å². The summed E-state index contributed by atoms with van der Waals surface area (Å²) in [6.07, 6.45) is 0. The zero-order valence-corrected chi connectivity index (χ0v) is 14.8. The molecule has 1 aromatic heterocycles. The number of benzene rings is 1. The van der Waals surface area contributed by atoms with Gasteiger partial charge in [0.1, 0.15) is 0 Å². The molecule has 0 atom stereocenters. The summed E-state index contributed by atoms with van der Waals surface area (Å²) in [5, 5.41) is 0.556. The van der Waals surface area contributed by atoms with E-state index in [9.17, 15) is 14.4 Å². The number of esters is 1. The smallest absolute Gasteiger partial charge is 0.339 e. The number of fused-ring (bicyclic) bond motifs is 1. The summed E-state index contributed by atoms with van der Waals surface area (Å²) in [7, 11) is 3.08. The van der Waals surface area contributed by atoms with Crippen LogP contribution in [0.3, 0.4) is 0 Å². The van der Waals surface area contributed by atoms with Crippen LogP contribution in [0.4, 0.5) is 0 Å². The highest BCUT2D eigenvalue weighted by Gasteiger charge is 2.18. The minimum Gasteiger partial charge on any atom is -0.452 e. The van der Waals surface area contributed by atoms with Crippen LogP contribution in [0, 0.1) is 0 Å². The first kappa shape index (κ1) is 19.6. The van der Waals surface area contributed by atoms with Crippen molar-refractivity contribution in [2.75, 3.05) is 47.1 Å². The Labute approximate surface area is 150 Å². The molecule has 1 aromatic carbocycles. The molecule has 0 fully saturated rings. The molecule has 0 spiro atoms. The number of hydrogen-bond acceptors (Lipinski definition) is 6. The third-order valence-corrected chi connectivity index (χ3v) is 3.78. The number of amides is 1. The van der Waals surface area contributed by atoms with Crippen molar-refractivity contribution in [3.8, 4) is 0 Å². The van der Waals surface area contributed by atoms with Gasteiger partial charge in [-0.15, -0.1) is 0 Å². The summed E-state index contributed by atoms with van der Waals surface area (Å²) < 4.78 is 15.1. The highest BCUT2D eigenvalue weighted by atomic mass is 16.5. The normalized spacial score (nSPS) is 10.7. The number of aromatic amines is 1. The maximum Gasteiger partial charge on any atom is 0.339 e. The fourth-order valence-electron chi connectivity index (χ4n) is 2.43. The topological polar surface area (TPSA) is 97.9 Å². The van der Waals surface area contributed by atoms with Crippen molar-refractivity contribution in [3.05, 3.63) is 46.2 Å². The van der Waals surface area contributed by atoms with Gasteiger partial charge in [0.2, 0.25) is 5.56 Å². The van der Waals surface area contributed by atoms with Crippen molar-refractivity contribution in [3.63, 3.8) is 0 Å². The van der Waals surface area contributed by atoms with Crippen LogP contribution in [0.1, 0.15) is 10.4 Å². The molecule has 2 aromatic rings. The first-order valence-corrected chi connectivity index (χ1v) is 8.11. The SMILES string of the molecule is COCCN(CCOC)C(=O)COC(=O)c1cc(=O)[nH]c2ccccc12. The van der Waals surface area contributed by atoms with E-state index in [1.807, 2.05) is 0 Å². The van der Waals surface area contributed by atoms with Gasteiger partial charge in [-0.1, -0.05) is 18.2 Å². The van der Waals surface area contributed by atoms with E-state index >= 15 is 0 Å². The number of ether oxygens (including phenoxy) is 3. The van der Waals surface area contributed by atoms with Crippen molar-refractivity contribution in [2.24, 2.45) is 0 Å². The highest BCUT2D eigenvalue weighted by molar-refractivity contribution is 6.03. The Bertz CT molecular complexity index is 809. The van der Waals surface area contributed by atoms with Gasteiger partial charge in [0.05, 0.1) is 18.8 Å². The lowest BCUT2D eigenvalue weighted by molar-refractivity contribution is -0.135. The van der Waals surface area contributed by atoms with Crippen LogP contribution >= 0.6 is 0 Å². The Hall–Kier alpha value is -2.71. The third-order valence-electron chi connectivity index (χ3n) is 3.78. The monoisotopic (exact) mass is 362 g/mol.